The molecule has 3 rings (SSSR count). The van der Waals surface area contributed by atoms with Gasteiger partial charge >= 0.3 is 12.5 Å². The predicted octanol–water partition coefficient (Wildman–Crippen LogP) is 8.87. The van der Waals surface area contributed by atoms with Gasteiger partial charge in [-0.25, -0.2) is 13.2 Å². The third kappa shape index (κ3) is 6.32. The van der Waals surface area contributed by atoms with Crippen molar-refractivity contribution in [2.24, 2.45) is 5.92 Å². The molecule has 1 saturated carbocycles. The SMILES string of the molecule is CCCC1CCC(c2ccc(C(F)F)c(Oc3ccc(OC(F)(F)C(F)F)c(F)c3)c2)CC1. The molecule has 0 saturated heterocycles. The fraction of sp³-hybridized carbons (Fsp3) is 0.500. The zero-order chi connectivity index (χ0) is 24.2. The average Bonchev–Trinajstić information content (AvgIpc) is 2.76. The van der Waals surface area contributed by atoms with Crippen LogP contribution in [0.3, 0.4) is 0 Å². The van der Waals surface area contributed by atoms with Gasteiger partial charge in [0.2, 0.25) is 0 Å². The maximum atomic E-state index is 14.1. The van der Waals surface area contributed by atoms with E-state index in [-0.39, 0.29) is 17.4 Å². The summed E-state index contributed by atoms with van der Waals surface area (Å²) >= 11 is 0. The lowest BCUT2D eigenvalue weighted by Gasteiger charge is -2.29. The third-order valence-corrected chi connectivity index (χ3v) is 5.92. The fourth-order valence-electron chi connectivity index (χ4n) is 4.21. The number of benzene rings is 2. The minimum atomic E-state index is -4.88. The first kappa shape index (κ1) is 25.2. The third-order valence-electron chi connectivity index (χ3n) is 5.92. The quantitative estimate of drug-likeness (QED) is 0.335. The highest BCUT2D eigenvalue weighted by molar-refractivity contribution is 5.44. The molecule has 182 valence electrons. The van der Waals surface area contributed by atoms with Gasteiger partial charge < -0.3 is 9.47 Å². The van der Waals surface area contributed by atoms with E-state index in [0.717, 1.165) is 43.7 Å². The van der Waals surface area contributed by atoms with Crippen LogP contribution in [0.15, 0.2) is 36.4 Å². The Bertz CT molecular complexity index is 925. The highest BCUT2D eigenvalue weighted by Gasteiger charge is 2.44. The number of hydrogen-bond acceptors (Lipinski definition) is 2. The molecule has 0 unspecified atom stereocenters. The van der Waals surface area contributed by atoms with Gasteiger partial charge in [-0.05, 0) is 67.3 Å². The Labute approximate surface area is 187 Å². The lowest BCUT2D eigenvalue weighted by atomic mass is 9.77. The summed E-state index contributed by atoms with van der Waals surface area (Å²) in [4.78, 5) is 0. The molecule has 0 aromatic heterocycles. The molecule has 0 bridgehead atoms. The smallest absolute Gasteiger partial charge is 0.457 e. The highest BCUT2D eigenvalue weighted by atomic mass is 19.3. The molecular formula is C24H25F7O2. The van der Waals surface area contributed by atoms with Gasteiger partial charge in [0.1, 0.15) is 11.5 Å². The molecule has 0 amide bonds. The molecule has 0 atom stereocenters. The van der Waals surface area contributed by atoms with E-state index in [0.29, 0.717) is 18.1 Å². The van der Waals surface area contributed by atoms with Crippen molar-refractivity contribution in [3.63, 3.8) is 0 Å². The molecular weight excluding hydrogens is 453 g/mol. The van der Waals surface area contributed by atoms with Crippen molar-refractivity contribution in [1.82, 2.24) is 0 Å². The second-order valence-corrected chi connectivity index (χ2v) is 8.26. The molecule has 1 fully saturated rings. The molecule has 0 heterocycles. The van der Waals surface area contributed by atoms with Gasteiger partial charge in [-0.2, -0.15) is 17.6 Å². The normalized spacial score (nSPS) is 19.2. The number of halogens is 7. The molecule has 1 aliphatic rings. The van der Waals surface area contributed by atoms with Crippen molar-refractivity contribution in [3.05, 3.63) is 53.3 Å². The van der Waals surface area contributed by atoms with E-state index in [9.17, 15) is 30.7 Å². The standard InChI is InChI=1S/C24H25F7O2/c1-2-3-14-4-6-15(7-5-14)16-8-10-18(22(26)27)21(12-16)32-17-9-11-20(19(25)13-17)33-24(30,31)23(28)29/h8-15,22-23H,2-7H2,1H3. The molecule has 33 heavy (non-hydrogen) atoms. The largest absolute Gasteiger partial charge is 0.461 e. The summed E-state index contributed by atoms with van der Waals surface area (Å²) in [6.07, 6.45) is -5.63. The van der Waals surface area contributed by atoms with Crippen molar-refractivity contribution in [2.75, 3.05) is 0 Å². The van der Waals surface area contributed by atoms with Crippen LogP contribution in [0.2, 0.25) is 0 Å². The van der Waals surface area contributed by atoms with Crippen LogP contribution < -0.4 is 9.47 Å². The van der Waals surface area contributed by atoms with Crippen LogP contribution in [0, 0.1) is 11.7 Å². The van der Waals surface area contributed by atoms with Crippen molar-refractivity contribution in [3.8, 4) is 17.2 Å². The summed E-state index contributed by atoms with van der Waals surface area (Å²) in [5, 5.41) is 0. The monoisotopic (exact) mass is 478 g/mol. The zero-order valence-electron chi connectivity index (χ0n) is 18.0. The van der Waals surface area contributed by atoms with E-state index in [1.54, 1.807) is 6.07 Å². The van der Waals surface area contributed by atoms with E-state index in [1.165, 1.54) is 18.6 Å². The van der Waals surface area contributed by atoms with Crippen LogP contribution in [0.5, 0.6) is 17.2 Å². The number of alkyl halides is 6. The van der Waals surface area contributed by atoms with Gasteiger partial charge in [0.05, 0.1) is 5.56 Å². The first-order valence-electron chi connectivity index (χ1n) is 10.8. The van der Waals surface area contributed by atoms with Crippen molar-refractivity contribution in [1.29, 1.82) is 0 Å². The van der Waals surface area contributed by atoms with Crippen LogP contribution in [-0.4, -0.2) is 12.5 Å². The van der Waals surface area contributed by atoms with Crippen LogP contribution in [0.4, 0.5) is 30.7 Å². The Morgan fingerprint density at radius 2 is 1.64 bits per heavy atom. The van der Waals surface area contributed by atoms with E-state index in [2.05, 4.69) is 11.7 Å². The van der Waals surface area contributed by atoms with Gasteiger partial charge in [-0.3, -0.25) is 0 Å². The molecule has 2 nitrogen and oxygen atoms in total. The van der Waals surface area contributed by atoms with Crippen LogP contribution in [0.1, 0.15) is 68.9 Å². The zero-order valence-corrected chi connectivity index (χ0v) is 18.0. The molecule has 1 aliphatic carbocycles. The Balaban J connectivity index is 1.79. The summed E-state index contributed by atoms with van der Waals surface area (Å²) in [5.74, 6) is -2.08. The van der Waals surface area contributed by atoms with Gasteiger partial charge in [-0.15, -0.1) is 0 Å². The maximum absolute atomic E-state index is 14.1. The Hall–Kier alpha value is -2.45. The Morgan fingerprint density at radius 1 is 0.939 bits per heavy atom. The van der Waals surface area contributed by atoms with E-state index < -0.39 is 36.1 Å². The first-order valence-corrected chi connectivity index (χ1v) is 10.8. The maximum Gasteiger partial charge on any atom is 0.461 e. The van der Waals surface area contributed by atoms with Crippen molar-refractivity contribution >= 4 is 0 Å². The minimum absolute atomic E-state index is 0.177. The lowest BCUT2D eigenvalue weighted by Crippen LogP contribution is -2.33. The van der Waals surface area contributed by atoms with Gasteiger partial charge in [0.25, 0.3) is 6.43 Å². The Kier molecular flexibility index (Phi) is 8.13. The minimum Gasteiger partial charge on any atom is -0.457 e. The molecule has 2 aromatic carbocycles. The number of rotatable bonds is 9. The molecule has 2 aromatic rings. The molecule has 0 radical (unpaired) electrons. The topological polar surface area (TPSA) is 18.5 Å². The molecule has 0 aliphatic heterocycles. The van der Waals surface area contributed by atoms with Gasteiger partial charge in [0, 0.05) is 6.07 Å². The molecule has 0 spiro atoms. The van der Waals surface area contributed by atoms with E-state index in [1.807, 2.05) is 0 Å². The number of ether oxygens (including phenoxy) is 2. The molecule has 9 heteroatoms. The van der Waals surface area contributed by atoms with E-state index >= 15 is 0 Å². The predicted molar refractivity (Wildman–Crippen MR) is 109 cm³/mol. The van der Waals surface area contributed by atoms with Crippen molar-refractivity contribution in [2.45, 2.75) is 70.3 Å². The molecule has 0 N–H and O–H groups in total. The summed E-state index contributed by atoms with van der Waals surface area (Å²) in [6.45, 7) is 2.14. The van der Waals surface area contributed by atoms with E-state index in [4.69, 9.17) is 4.74 Å². The number of hydrogen-bond donors (Lipinski definition) is 0. The second-order valence-electron chi connectivity index (χ2n) is 8.26. The highest BCUT2D eigenvalue weighted by Crippen LogP contribution is 2.41. The lowest BCUT2D eigenvalue weighted by molar-refractivity contribution is -0.254. The summed E-state index contributed by atoms with van der Waals surface area (Å²) in [6, 6.07) is 6.70. The van der Waals surface area contributed by atoms with Crippen molar-refractivity contribution < 1.29 is 40.2 Å². The summed E-state index contributed by atoms with van der Waals surface area (Å²) in [5.41, 5.74) is 0.435. The summed E-state index contributed by atoms with van der Waals surface area (Å²) in [7, 11) is 0. The second kappa shape index (κ2) is 10.7. The van der Waals surface area contributed by atoms with Crippen LogP contribution in [0.25, 0.3) is 0 Å². The first-order chi connectivity index (χ1) is 15.6. The average molecular weight is 478 g/mol. The van der Waals surface area contributed by atoms with Crippen LogP contribution in [-0.2, 0) is 0 Å². The van der Waals surface area contributed by atoms with Gasteiger partial charge in [-0.1, -0.05) is 25.8 Å². The van der Waals surface area contributed by atoms with Crippen LogP contribution >= 0.6 is 0 Å². The van der Waals surface area contributed by atoms with Gasteiger partial charge in [0.15, 0.2) is 11.6 Å². The summed E-state index contributed by atoms with van der Waals surface area (Å²) < 4.78 is 101. The fourth-order valence-corrected chi connectivity index (χ4v) is 4.21. The Morgan fingerprint density at radius 3 is 2.21 bits per heavy atom.